The van der Waals surface area contributed by atoms with E-state index >= 15 is 0 Å². The van der Waals surface area contributed by atoms with Gasteiger partial charge in [0.15, 0.2) is 11.5 Å². The summed E-state index contributed by atoms with van der Waals surface area (Å²) in [5.74, 6) is 0.903. The topological polar surface area (TPSA) is 76.7 Å². The van der Waals surface area contributed by atoms with E-state index in [0.29, 0.717) is 29.3 Å². The van der Waals surface area contributed by atoms with Crippen LogP contribution in [-0.4, -0.2) is 18.6 Å². The highest BCUT2D eigenvalue weighted by atomic mass is 79.9. The zero-order valence-corrected chi connectivity index (χ0v) is 17.6. The summed E-state index contributed by atoms with van der Waals surface area (Å²) in [6, 6.07) is 20.0. The first-order chi connectivity index (χ1) is 14.6. The number of para-hydroxylation sites is 1. The maximum atomic E-state index is 12.7. The summed E-state index contributed by atoms with van der Waals surface area (Å²) in [5.41, 5.74) is 2.65. The fourth-order valence-corrected chi connectivity index (χ4v) is 3.59. The lowest BCUT2D eigenvalue weighted by atomic mass is 10.1. The molecule has 0 fully saturated rings. The summed E-state index contributed by atoms with van der Waals surface area (Å²) in [4.78, 5) is 25.2. The van der Waals surface area contributed by atoms with Crippen LogP contribution in [-0.2, 0) is 17.8 Å². The molecule has 6 nitrogen and oxygen atoms in total. The lowest BCUT2D eigenvalue weighted by molar-refractivity contribution is -0.115. The van der Waals surface area contributed by atoms with E-state index in [4.69, 9.17) is 9.47 Å². The number of halogens is 1. The third-order valence-electron chi connectivity index (χ3n) is 4.59. The monoisotopic (exact) mass is 466 g/mol. The molecule has 0 radical (unpaired) electrons. The third-order valence-corrected chi connectivity index (χ3v) is 5.08. The summed E-state index contributed by atoms with van der Waals surface area (Å²) < 4.78 is 11.6. The van der Waals surface area contributed by atoms with Crippen molar-refractivity contribution in [3.05, 3.63) is 87.9 Å². The minimum Gasteiger partial charge on any atom is -0.454 e. The Kier molecular flexibility index (Phi) is 5.99. The van der Waals surface area contributed by atoms with E-state index in [1.807, 2.05) is 42.5 Å². The maximum absolute atomic E-state index is 12.7. The number of hydrogen-bond donors (Lipinski definition) is 2. The molecule has 0 atom stereocenters. The molecule has 0 saturated heterocycles. The van der Waals surface area contributed by atoms with Gasteiger partial charge in [-0.25, -0.2) is 0 Å². The number of rotatable bonds is 6. The van der Waals surface area contributed by atoms with Gasteiger partial charge in [-0.05, 0) is 47.5 Å². The number of hydrogen-bond acceptors (Lipinski definition) is 4. The minimum absolute atomic E-state index is 0.191. The number of nitrogens with one attached hydrogen (secondary N) is 2. The standard InChI is InChI=1S/C23H19BrN2O4/c24-17-5-3-4-15(10-17)12-22(27)26-19-7-2-1-6-18(19)23(28)25-13-16-8-9-20-21(11-16)30-14-29-20/h1-11H,12-14H2,(H,25,28)(H,26,27). The van der Waals surface area contributed by atoms with Crippen LogP contribution >= 0.6 is 15.9 Å². The van der Waals surface area contributed by atoms with Crippen LogP contribution in [0.5, 0.6) is 11.5 Å². The van der Waals surface area contributed by atoms with E-state index < -0.39 is 0 Å². The van der Waals surface area contributed by atoms with Crippen molar-refractivity contribution in [2.45, 2.75) is 13.0 Å². The molecule has 3 aromatic carbocycles. The number of benzene rings is 3. The molecule has 4 rings (SSSR count). The smallest absolute Gasteiger partial charge is 0.253 e. The second kappa shape index (κ2) is 9.00. The minimum atomic E-state index is -0.272. The van der Waals surface area contributed by atoms with Crippen molar-refractivity contribution < 1.29 is 19.1 Å². The number of carbonyl (C=O) groups excluding carboxylic acids is 2. The summed E-state index contributed by atoms with van der Waals surface area (Å²) in [7, 11) is 0. The van der Waals surface area contributed by atoms with Gasteiger partial charge in [-0.3, -0.25) is 9.59 Å². The molecule has 1 aliphatic rings. The average molecular weight is 467 g/mol. The predicted octanol–water partition coefficient (Wildman–Crippen LogP) is 4.29. The van der Waals surface area contributed by atoms with Gasteiger partial charge in [-0.1, -0.05) is 46.3 Å². The van der Waals surface area contributed by atoms with E-state index in [-0.39, 0.29) is 25.0 Å². The second-order valence-corrected chi connectivity index (χ2v) is 7.69. The van der Waals surface area contributed by atoms with Gasteiger partial charge < -0.3 is 20.1 Å². The Morgan fingerprint density at radius 3 is 2.60 bits per heavy atom. The SMILES string of the molecule is O=C(Cc1cccc(Br)c1)Nc1ccccc1C(=O)NCc1ccc2c(c1)OCO2. The molecular weight excluding hydrogens is 448 g/mol. The first kappa shape index (κ1) is 20.0. The van der Waals surface area contributed by atoms with E-state index in [1.54, 1.807) is 24.3 Å². The van der Waals surface area contributed by atoms with Crippen LogP contribution in [0.1, 0.15) is 21.5 Å². The summed E-state index contributed by atoms with van der Waals surface area (Å²) in [6.45, 7) is 0.536. The number of ether oxygens (including phenoxy) is 2. The Morgan fingerprint density at radius 2 is 1.73 bits per heavy atom. The lowest BCUT2D eigenvalue weighted by Crippen LogP contribution is -2.25. The van der Waals surface area contributed by atoms with Crippen molar-refractivity contribution in [3.63, 3.8) is 0 Å². The van der Waals surface area contributed by atoms with E-state index in [2.05, 4.69) is 26.6 Å². The van der Waals surface area contributed by atoms with Gasteiger partial charge >= 0.3 is 0 Å². The quantitative estimate of drug-likeness (QED) is 0.567. The Hall–Kier alpha value is -3.32. The van der Waals surface area contributed by atoms with Crippen LogP contribution in [0.15, 0.2) is 71.2 Å². The normalized spacial score (nSPS) is 11.8. The summed E-state index contributed by atoms with van der Waals surface area (Å²) in [5, 5.41) is 5.72. The summed E-state index contributed by atoms with van der Waals surface area (Å²) in [6.07, 6.45) is 0.215. The van der Waals surface area contributed by atoms with Gasteiger partial charge in [0.05, 0.1) is 17.7 Å². The highest BCUT2D eigenvalue weighted by Crippen LogP contribution is 2.32. The predicted molar refractivity (Wildman–Crippen MR) is 117 cm³/mol. The van der Waals surface area contributed by atoms with E-state index in [9.17, 15) is 9.59 Å². The number of carbonyl (C=O) groups is 2. The van der Waals surface area contributed by atoms with Gasteiger partial charge in [-0.15, -0.1) is 0 Å². The van der Waals surface area contributed by atoms with Crippen molar-refractivity contribution in [1.29, 1.82) is 0 Å². The first-order valence-electron chi connectivity index (χ1n) is 9.38. The van der Waals surface area contributed by atoms with Crippen LogP contribution in [0.25, 0.3) is 0 Å². The van der Waals surface area contributed by atoms with Crippen molar-refractivity contribution >= 4 is 33.4 Å². The molecule has 2 N–H and O–H groups in total. The molecule has 0 unspecified atom stereocenters. The fourth-order valence-electron chi connectivity index (χ4n) is 3.15. The third kappa shape index (κ3) is 4.80. The first-order valence-corrected chi connectivity index (χ1v) is 10.2. The fraction of sp³-hybridized carbons (Fsp3) is 0.130. The molecular formula is C23H19BrN2O4. The molecule has 0 aliphatic carbocycles. The molecule has 30 heavy (non-hydrogen) atoms. The Bertz CT molecular complexity index is 1100. The van der Waals surface area contributed by atoms with Gasteiger partial charge in [0.1, 0.15) is 0 Å². The van der Waals surface area contributed by atoms with E-state index in [1.165, 1.54) is 0 Å². The maximum Gasteiger partial charge on any atom is 0.253 e. The van der Waals surface area contributed by atoms with Crippen LogP contribution in [0.3, 0.4) is 0 Å². The zero-order chi connectivity index (χ0) is 20.9. The Balaban J connectivity index is 1.40. The molecule has 1 heterocycles. The highest BCUT2D eigenvalue weighted by Gasteiger charge is 2.16. The van der Waals surface area contributed by atoms with Crippen molar-refractivity contribution in [3.8, 4) is 11.5 Å². The molecule has 2 amide bonds. The van der Waals surface area contributed by atoms with Crippen molar-refractivity contribution in [1.82, 2.24) is 5.32 Å². The molecule has 0 saturated carbocycles. The van der Waals surface area contributed by atoms with Gasteiger partial charge in [0.2, 0.25) is 12.7 Å². The van der Waals surface area contributed by atoms with Gasteiger partial charge in [0, 0.05) is 11.0 Å². The van der Waals surface area contributed by atoms with E-state index in [0.717, 1.165) is 15.6 Å². The van der Waals surface area contributed by atoms with Crippen molar-refractivity contribution in [2.24, 2.45) is 0 Å². The van der Waals surface area contributed by atoms with Gasteiger partial charge in [0.25, 0.3) is 5.91 Å². The second-order valence-electron chi connectivity index (χ2n) is 6.77. The molecule has 152 valence electrons. The highest BCUT2D eigenvalue weighted by molar-refractivity contribution is 9.10. The average Bonchev–Trinajstić information content (AvgIpc) is 3.20. The Morgan fingerprint density at radius 1 is 0.900 bits per heavy atom. The van der Waals surface area contributed by atoms with Crippen LogP contribution in [0.4, 0.5) is 5.69 Å². The zero-order valence-electron chi connectivity index (χ0n) is 16.0. The van der Waals surface area contributed by atoms with Gasteiger partial charge in [-0.2, -0.15) is 0 Å². The molecule has 1 aliphatic heterocycles. The number of fused-ring (bicyclic) bond motifs is 1. The van der Waals surface area contributed by atoms with Crippen LogP contribution < -0.4 is 20.1 Å². The lowest BCUT2D eigenvalue weighted by Gasteiger charge is -2.12. The number of amides is 2. The molecule has 0 bridgehead atoms. The largest absolute Gasteiger partial charge is 0.454 e. The summed E-state index contributed by atoms with van der Waals surface area (Å²) >= 11 is 3.40. The Labute approximate surface area is 182 Å². The number of anilines is 1. The van der Waals surface area contributed by atoms with Crippen LogP contribution in [0, 0.1) is 0 Å². The molecule has 0 spiro atoms. The molecule has 0 aromatic heterocycles. The van der Waals surface area contributed by atoms with Crippen molar-refractivity contribution in [2.75, 3.05) is 12.1 Å². The van der Waals surface area contributed by atoms with Crippen LogP contribution in [0.2, 0.25) is 0 Å². The molecule has 7 heteroatoms. The molecule has 3 aromatic rings.